The third kappa shape index (κ3) is 4.21. The lowest BCUT2D eigenvalue weighted by Gasteiger charge is -2.21. The number of amides is 1. The molecule has 2 rings (SSSR count). The van der Waals surface area contributed by atoms with Gasteiger partial charge in [-0.2, -0.15) is 0 Å². The van der Waals surface area contributed by atoms with Crippen LogP contribution in [0.25, 0.3) is 10.9 Å². The van der Waals surface area contributed by atoms with Gasteiger partial charge in [0.15, 0.2) is 0 Å². The van der Waals surface area contributed by atoms with E-state index in [0.29, 0.717) is 6.42 Å². The zero-order valence-corrected chi connectivity index (χ0v) is 12.8. The van der Waals surface area contributed by atoms with Gasteiger partial charge in [-0.05, 0) is 57.9 Å². The second kappa shape index (κ2) is 5.76. The van der Waals surface area contributed by atoms with Gasteiger partial charge in [-0.1, -0.05) is 0 Å². The molecule has 1 heterocycles. The van der Waals surface area contributed by atoms with Crippen molar-refractivity contribution in [3.8, 4) is 0 Å². The molecule has 0 aliphatic heterocycles. The van der Waals surface area contributed by atoms with Crippen molar-refractivity contribution in [2.24, 2.45) is 0 Å². The first-order chi connectivity index (χ1) is 9.74. The van der Waals surface area contributed by atoms with Gasteiger partial charge >= 0.3 is 6.09 Å². The summed E-state index contributed by atoms with van der Waals surface area (Å²) >= 11 is 0. The quantitative estimate of drug-likeness (QED) is 0.905. The Morgan fingerprint density at radius 1 is 1.43 bits per heavy atom. The topological polar surface area (TPSA) is 54.1 Å². The number of H-pyrrole nitrogens is 1. The highest BCUT2D eigenvalue weighted by atomic mass is 19.1. The maximum Gasteiger partial charge on any atom is 0.407 e. The van der Waals surface area contributed by atoms with Gasteiger partial charge in [0, 0.05) is 23.1 Å². The van der Waals surface area contributed by atoms with Crippen molar-refractivity contribution >= 4 is 17.0 Å². The minimum absolute atomic E-state index is 0.109. The van der Waals surface area contributed by atoms with E-state index in [1.54, 1.807) is 6.07 Å². The molecule has 5 heteroatoms. The number of aromatic amines is 1. The number of ether oxygens (including phenoxy) is 1. The Morgan fingerprint density at radius 2 is 2.14 bits per heavy atom. The molecule has 2 aromatic rings. The summed E-state index contributed by atoms with van der Waals surface area (Å²) in [4.78, 5) is 14.8. The van der Waals surface area contributed by atoms with Crippen LogP contribution < -0.4 is 5.32 Å². The van der Waals surface area contributed by atoms with Crippen LogP contribution in [0.5, 0.6) is 0 Å². The molecule has 1 atom stereocenters. The Labute approximate surface area is 123 Å². The van der Waals surface area contributed by atoms with E-state index in [2.05, 4.69) is 10.3 Å². The number of aromatic nitrogens is 1. The zero-order chi connectivity index (χ0) is 15.6. The molecule has 0 radical (unpaired) electrons. The van der Waals surface area contributed by atoms with Crippen molar-refractivity contribution < 1.29 is 13.9 Å². The largest absolute Gasteiger partial charge is 0.444 e. The summed E-state index contributed by atoms with van der Waals surface area (Å²) in [7, 11) is 0. The van der Waals surface area contributed by atoms with Crippen LogP contribution in [0.1, 0.15) is 33.3 Å². The smallest absolute Gasteiger partial charge is 0.407 e. The van der Waals surface area contributed by atoms with Crippen molar-refractivity contribution in [1.82, 2.24) is 10.3 Å². The first-order valence-electron chi connectivity index (χ1n) is 6.99. The minimum Gasteiger partial charge on any atom is -0.444 e. The molecule has 21 heavy (non-hydrogen) atoms. The molecular formula is C16H21FN2O2. The molecule has 114 valence electrons. The van der Waals surface area contributed by atoms with Crippen molar-refractivity contribution in [3.63, 3.8) is 0 Å². The van der Waals surface area contributed by atoms with Crippen molar-refractivity contribution in [1.29, 1.82) is 0 Å². The molecule has 2 N–H and O–H groups in total. The molecule has 0 saturated carbocycles. The maximum atomic E-state index is 13.3. The van der Waals surface area contributed by atoms with E-state index in [0.717, 1.165) is 16.5 Å². The summed E-state index contributed by atoms with van der Waals surface area (Å²) in [5.74, 6) is -0.267. The molecule has 4 nitrogen and oxygen atoms in total. The number of halogens is 1. The van der Waals surface area contributed by atoms with Crippen molar-refractivity contribution in [3.05, 3.63) is 35.8 Å². The highest BCUT2D eigenvalue weighted by Gasteiger charge is 2.18. The molecule has 0 spiro atoms. The van der Waals surface area contributed by atoms with Crippen LogP contribution in [-0.4, -0.2) is 22.7 Å². The van der Waals surface area contributed by atoms with E-state index in [9.17, 15) is 9.18 Å². The van der Waals surface area contributed by atoms with E-state index in [1.165, 1.54) is 12.1 Å². The van der Waals surface area contributed by atoms with E-state index < -0.39 is 11.7 Å². The van der Waals surface area contributed by atoms with Gasteiger partial charge in [0.25, 0.3) is 0 Å². The van der Waals surface area contributed by atoms with Crippen LogP contribution >= 0.6 is 0 Å². The number of alkyl carbamates (subject to hydrolysis) is 1. The zero-order valence-electron chi connectivity index (χ0n) is 12.8. The first-order valence-corrected chi connectivity index (χ1v) is 6.99. The summed E-state index contributed by atoms with van der Waals surface area (Å²) in [6.45, 7) is 7.35. The van der Waals surface area contributed by atoms with Crippen LogP contribution in [0.15, 0.2) is 24.4 Å². The fourth-order valence-corrected chi connectivity index (χ4v) is 2.21. The van der Waals surface area contributed by atoms with Crippen LogP contribution in [0.3, 0.4) is 0 Å². The molecule has 0 aliphatic carbocycles. The van der Waals surface area contributed by atoms with Gasteiger partial charge in [0.05, 0.1) is 0 Å². The fraction of sp³-hybridized carbons (Fsp3) is 0.438. The molecular weight excluding hydrogens is 271 g/mol. The van der Waals surface area contributed by atoms with E-state index >= 15 is 0 Å². The molecule has 0 fully saturated rings. The number of nitrogens with one attached hydrogen (secondary N) is 2. The normalized spacial score (nSPS) is 13.2. The Morgan fingerprint density at radius 3 is 2.81 bits per heavy atom. The third-order valence-electron chi connectivity index (χ3n) is 3.02. The van der Waals surface area contributed by atoms with Crippen LogP contribution in [0.2, 0.25) is 0 Å². The number of hydrogen-bond acceptors (Lipinski definition) is 2. The lowest BCUT2D eigenvalue weighted by atomic mass is 10.1. The maximum absolute atomic E-state index is 13.3. The van der Waals surface area contributed by atoms with Gasteiger partial charge in [-0.15, -0.1) is 0 Å². The summed E-state index contributed by atoms with van der Waals surface area (Å²) in [6, 6.07) is 4.52. The third-order valence-corrected chi connectivity index (χ3v) is 3.02. The summed E-state index contributed by atoms with van der Waals surface area (Å²) in [5, 5.41) is 3.63. The number of rotatable bonds is 3. The Hall–Kier alpha value is -2.04. The molecule has 1 amide bonds. The predicted octanol–water partition coefficient (Wildman–Crippen LogP) is 3.76. The van der Waals surface area contributed by atoms with E-state index in [4.69, 9.17) is 4.74 Å². The SMILES string of the molecule is C[C@H](Cc1c[nH]c2ccc(F)cc12)NC(=O)OC(C)(C)C. The standard InChI is InChI=1S/C16H21FN2O2/c1-10(19-15(20)21-16(2,3)4)7-11-9-18-14-6-5-12(17)8-13(11)14/h5-6,8-10,18H,7H2,1-4H3,(H,19,20)/t10-/m1/s1. The van der Waals surface area contributed by atoms with E-state index in [1.807, 2.05) is 33.9 Å². The summed E-state index contributed by atoms with van der Waals surface area (Å²) in [6.07, 6.45) is 2.00. The number of benzene rings is 1. The molecule has 1 aromatic heterocycles. The number of hydrogen-bond donors (Lipinski definition) is 2. The Balaban J connectivity index is 2.03. The highest BCUT2D eigenvalue weighted by molar-refractivity contribution is 5.83. The molecule has 0 unspecified atom stereocenters. The predicted molar refractivity (Wildman–Crippen MR) is 80.8 cm³/mol. The van der Waals surface area contributed by atoms with Gasteiger partial charge in [0.1, 0.15) is 11.4 Å². The van der Waals surface area contributed by atoms with Gasteiger partial charge in [0.2, 0.25) is 0 Å². The monoisotopic (exact) mass is 292 g/mol. The Kier molecular flexibility index (Phi) is 4.21. The van der Waals surface area contributed by atoms with Crippen molar-refractivity contribution in [2.45, 2.75) is 45.8 Å². The van der Waals surface area contributed by atoms with Crippen LogP contribution in [-0.2, 0) is 11.2 Å². The second-order valence-electron chi connectivity index (χ2n) is 6.26. The molecule has 0 bridgehead atoms. The fourth-order valence-electron chi connectivity index (χ4n) is 2.21. The molecule has 0 saturated heterocycles. The first kappa shape index (κ1) is 15.4. The van der Waals surface area contributed by atoms with Crippen molar-refractivity contribution in [2.75, 3.05) is 0 Å². The summed E-state index contributed by atoms with van der Waals surface area (Å²) in [5.41, 5.74) is 1.33. The average molecular weight is 292 g/mol. The second-order valence-corrected chi connectivity index (χ2v) is 6.26. The molecule has 1 aromatic carbocycles. The van der Waals surface area contributed by atoms with Gasteiger partial charge in [-0.25, -0.2) is 9.18 Å². The Bertz CT molecular complexity index is 643. The number of fused-ring (bicyclic) bond motifs is 1. The molecule has 0 aliphatic rings. The van der Waals surface area contributed by atoms with Crippen LogP contribution in [0.4, 0.5) is 9.18 Å². The minimum atomic E-state index is -0.520. The summed E-state index contributed by atoms with van der Waals surface area (Å²) < 4.78 is 18.5. The number of carbonyl (C=O) groups excluding carboxylic acids is 1. The lowest BCUT2D eigenvalue weighted by molar-refractivity contribution is 0.0508. The lowest BCUT2D eigenvalue weighted by Crippen LogP contribution is -2.38. The highest BCUT2D eigenvalue weighted by Crippen LogP contribution is 2.20. The number of carbonyl (C=O) groups is 1. The van der Waals surface area contributed by atoms with E-state index in [-0.39, 0.29) is 11.9 Å². The van der Waals surface area contributed by atoms with Gasteiger partial charge < -0.3 is 15.0 Å². The van der Waals surface area contributed by atoms with Gasteiger partial charge in [-0.3, -0.25) is 0 Å². The van der Waals surface area contributed by atoms with Crippen LogP contribution in [0, 0.1) is 5.82 Å². The average Bonchev–Trinajstić information content (AvgIpc) is 2.69.